The minimum atomic E-state index is -0.257. The lowest BCUT2D eigenvalue weighted by atomic mass is 10.1. The zero-order valence-corrected chi connectivity index (χ0v) is 12.2. The molecule has 0 aliphatic rings. The van der Waals surface area contributed by atoms with Crippen LogP contribution in [0.15, 0.2) is 12.1 Å². The second kappa shape index (κ2) is 4.84. The van der Waals surface area contributed by atoms with Crippen LogP contribution in [-0.2, 0) is 0 Å². The molecule has 0 aliphatic carbocycles. The molecule has 6 heteroatoms. The van der Waals surface area contributed by atoms with Crippen LogP contribution in [0.1, 0.15) is 22.0 Å². The molecule has 0 bridgehead atoms. The zero-order chi connectivity index (χ0) is 11.9. The molecule has 0 aliphatic heterocycles. The number of nitrogens with two attached hydrogens (primary N) is 1. The molecule has 2 heterocycles. The Morgan fingerprint density at radius 1 is 1.12 bits per heavy atom. The lowest BCUT2D eigenvalue weighted by Gasteiger charge is -2.07. The Labute approximate surface area is 117 Å². The van der Waals surface area contributed by atoms with Crippen molar-refractivity contribution in [3.05, 3.63) is 41.1 Å². The van der Waals surface area contributed by atoms with Crippen molar-refractivity contribution in [3.8, 4) is 0 Å². The molecule has 2 N–H and O–H groups in total. The van der Waals surface area contributed by atoms with Crippen LogP contribution in [-0.4, -0.2) is 0 Å². The number of hydrogen-bond donors (Lipinski definition) is 1. The number of aryl methyl sites for hydroxylation is 1. The van der Waals surface area contributed by atoms with Gasteiger partial charge in [-0.15, -0.1) is 22.7 Å². The zero-order valence-electron chi connectivity index (χ0n) is 8.26. The minimum absolute atomic E-state index is 0.257. The van der Waals surface area contributed by atoms with E-state index in [0.717, 1.165) is 20.3 Å². The van der Waals surface area contributed by atoms with E-state index in [4.69, 9.17) is 40.5 Å². The third kappa shape index (κ3) is 2.40. The summed E-state index contributed by atoms with van der Waals surface area (Å²) in [7, 11) is 0. The first-order chi connectivity index (χ1) is 7.49. The van der Waals surface area contributed by atoms with Gasteiger partial charge in [0.1, 0.15) is 0 Å². The molecule has 16 heavy (non-hydrogen) atoms. The molecule has 0 fully saturated rings. The Morgan fingerprint density at radius 3 is 2.25 bits per heavy atom. The van der Waals surface area contributed by atoms with E-state index >= 15 is 0 Å². The molecule has 1 atom stereocenters. The van der Waals surface area contributed by atoms with Gasteiger partial charge in [-0.05, 0) is 24.6 Å². The average molecular weight is 313 g/mol. The van der Waals surface area contributed by atoms with Gasteiger partial charge in [-0.1, -0.05) is 34.8 Å². The molecule has 1 nitrogen and oxygen atoms in total. The van der Waals surface area contributed by atoms with E-state index in [2.05, 4.69) is 0 Å². The SMILES string of the molecule is Cc1cc(C(N)c2cc(Cl)sc2Cl)sc1Cl. The minimum Gasteiger partial charge on any atom is -0.320 e. The fraction of sp³-hybridized carbons (Fsp3) is 0.200. The molecule has 0 amide bonds. The van der Waals surface area contributed by atoms with Crippen molar-refractivity contribution in [1.29, 1.82) is 0 Å². The van der Waals surface area contributed by atoms with Crippen molar-refractivity contribution in [2.24, 2.45) is 5.73 Å². The van der Waals surface area contributed by atoms with Crippen LogP contribution in [0.5, 0.6) is 0 Å². The van der Waals surface area contributed by atoms with Gasteiger partial charge in [0.15, 0.2) is 0 Å². The van der Waals surface area contributed by atoms with Crippen molar-refractivity contribution >= 4 is 57.5 Å². The highest BCUT2D eigenvalue weighted by molar-refractivity contribution is 7.20. The monoisotopic (exact) mass is 311 g/mol. The molecule has 2 rings (SSSR count). The summed E-state index contributed by atoms with van der Waals surface area (Å²) < 4.78 is 2.05. The first-order valence-corrected chi connectivity index (χ1v) is 7.22. The molecule has 0 saturated heterocycles. The summed E-state index contributed by atoms with van der Waals surface area (Å²) in [4.78, 5) is 0.999. The van der Waals surface area contributed by atoms with Gasteiger partial charge >= 0.3 is 0 Å². The maximum Gasteiger partial charge on any atom is 0.0995 e. The summed E-state index contributed by atoms with van der Waals surface area (Å²) in [6.45, 7) is 1.96. The Bertz CT molecular complexity index is 499. The Balaban J connectivity index is 2.38. The highest BCUT2D eigenvalue weighted by atomic mass is 35.5. The summed E-state index contributed by atoms with van der Waals surface area (Å²) in [5.74, 6) is 0. The topological polar surface area (TPSA) is 26.0 Å². The molecule has 2 aromatic heterocycles. The Morgan fingerprint density at radius 2 is 1.81 bits per heavy atom. The largest absolute Gasteiger partial charge is 0.320 e. The molecule has 1 unspecified atom stereocenters. The van der Waals surface area contributed by atoms with Crippen LogP contribution in [0.25, 0.3) is 0 Å². The maximum atomic E-state index is 6.13. The van der Waals surface area contributed by atoms with E-state index in [9.17, 15) is 0 Å². The predicted octanol–water partition coefficient (Wildman–Crippen LogP) is 5.13. The van der Waals surface area contributed by atoms with E-state index in [1.54, 1.807) is 0 Å². The smallest absolute Gasteiger partial charge is 0.0995 e. The van der Waals surface area contributed by atoms with Crippen LogP contribution < -0.4 is 5.73 Å². The van der Waals surface area contributed by atoms with Gasteiger partial charge in [0.25, 0.3) is 0 Å². The predicted molar refractivity (Wildman–Crippen MR) is 74.4 cm³/mol. The van der Waals surface area contributed by atoms with Gasteiger partial charge in [0, 0.05) is 10.4 Å². The van der Waals surface area contributed by atoms with Crippen LogP contribution in [0.4, 0.5) is 0 Å². The molecule has 0 spiro atoms. The fourth-order valence-corrected chi connectivity index (χ4v) is 4.14. The second-order valence-electron chi connectivity index (χ2n) is 3.36. The lowest BCUT2D eigenvalue weighted by molar-refractivity contribution is 0.899. The van der Waals surface area contributed by atoms with Gasteiger partial charge in [0.2, 0.25) is 0 Å². The van der Waals surface area contributed by atoms with Gasteiger partial charge in [0.05, 0.1) is 19.1 Å². The third-order valence-corrected chi connectivity index (χ3v) is 5.36. The van der Waals surface area contributed by atoms with Crippen LogP contribution in [0.3, 0.4) is 0 Å². The summed E-state index contributed by atoms with van der Waals surface area (Å²) in [5, 5.41) is 0. The average Bonchev–Trinajstić information content (AvgIpc) is 2.70. The molecule has 2 aromatic rings. The van der Waals surface area contributed by atoms with Crippen LogP contribution in [0, 0.1) is 6.92 Å². The quantitative estimate of drug-likeness (QED) is 0.817. The number of hydrogen-bond acceptors (Lipinski definition) is 3. The first kappa shape index (κ1) is 12.7. The van der Waals surface area contributed by atoms with Gasteiger partial charge in [-0.25, -0.2) is 0 Å². The Hall–Kier alpha value is 0.230. The van der Waals surface area contributed by atoms with Gasteiger partial charge < -0.3 is 5.73 Å². The van der Waals surface area contributed by atoms with E-state index in [-0.39, 0.29) is 6.04 Å². The van der Waals surface area contributed by atoms with E-state index < -0.39 is 0 Å². The van der Waals surface area contributed by atoms with E-state index in [1.165, 1.54) is 22.7 Å². The fourth-order valence-electron chi connectivity index (χ4n) is 1.36. The summed E-state index contributed by atoms with van der Waals surface area (Å²) in [5.41, 5.74) is 8.02. The number of thiophene rings is 2. The van der Waals surface area contributed by atoms with E-state index in [1.807, 2.05) is 19.1 Å². The molecular formula is C10H8Cl3NS2. The van der Waals surface area contributed by atoms with E-state index in [0.29, 0.717) is 8.67 Å². The van der Waals surface area contributed by atoms with Crippen molar-refractivity contribution in [2.45, 2.75) is 13.0 Å². The summed E-state index contributed by atoms with van der Waals surface area (Å²) in [6, 6.07) is 3.54. The maximum absolute atomic E-state index is 6.13. The standard InChI is InChI=1S/C10H8Cl3NS2/c1-4-2-6(15-9(4)12)8(14)5-3-7(11)16-10(5)13/h2-3,8H,14H2,1H3. The van der Waals surface area contributed by atoms with Crippen molar-refractivity contribution in [2.75, 3.05) is 0 Å². The summed E-state index contributed by atoms with van der Waals surface area (Å²) in [6.07, 6.45) is 0. The lowest BCUT2D eigenvalue weighted by Crippen LogP contribution is -2.09. The molecule has 0 radical (unpaired) electrons. The van der Waals surface area contributed by atoms with Crippen molar-refractivity contribution < 1.29 is 0 Å². The van der Waals surface area contributed by atoms with Crippen molar-refractivity contribution in [3.63, 3.8) is 0 Å². The third-order valence-electron chi connectivity index (χ3n) is 2.20. The number of rotatable bonds is 2. The van der Waals surface area contributed by atoms with Crippen LogP contribution >= 0.6 is 57.5 Å². The first-order valence-electron chi connectivity index (χ1n) is 4.45. The number of halogens is 3. The highest BCUT2D eigenvalue weighted by Crippen LogP contribution is 2.39. The molecule has 0 saturated carbocycles. The van der Waals surface area contributed by atoms with Gasteiger partial charge in [-0.3, -0.25) is 0 Å². The van der Waals surface area contributed by atoms with Crippen molar-refractivity contribution in [1.82, 2.24) is 0 Å². The Kier molecular flexibility index (Phi) is 3.84. The molecule has 86 valence electrons. The summed E-state index contributed by atoms with van der Waals surface area (Å²) >= 11 is 20.8. The second-order valence-corrected chi connectivity index (χ2v) is 7.33. The van der Waals surface area contributed by atoms with Crippen LogP contribution in [0.2, 0.25) is 13.0 Å². The normalized spacial score (nSPS) is 13.1. The molecular weight excluding hydrogens is 305 g/mol. The van der Waals surface area contributed by atoms with Gasteiger partial charge in [-0.2, -0.15) is 0 Å². The molecule has 0 aromatic carbocycles. The highest BCUT2D eigenvalue weighted by Gasteiger charge is 2.18.